The number of nitrogens with zero attached hydrogens (tertiary/aromatic N) is 4. The third-order valence-corrected chi connectivity index (χ3v) is 7.59. The van der Waals surface area contributed by atoms with E-state index in [0.717, 1.165) is 49.4 Å². The molecule has 3 N–H and O–H groups in total. The summed E-state index contributed by atoms with van der Waals surface area (Å²) >= 11 is 0. The minimum atomic E-state index is -0.231. The van der Waals surface area contributed by atoms with Crippen LogP contribution in [0, 0.1) is 0 Å². The van der Waals surface area contributed by atoms with E-state index in [4.69, 9.17) is 14.7 Å². The number of carbonyl (C=O) groups excluding carboxylic acids is 2. The highest BCUT2D eigenvalue weighted by Gasteiger charge is 2.30. The molecular weight excluding hydrogens is 482 g/mol. The van der Waals surface area contributed by atoms with E-state index in [0.29, 0.717) is 50.4 Å². The number of amides is 3. The van der Waals surface area contributed by atoms with Crippen LogP contribution in [0.25, 0.3) is 11.4 Å². The van der Waals surface area contributed by atoms with Crippen LogP contribution in [0.5, 0.6) is 0 Å². The molecule has 0 bridgehead atoms. The Bertz CT molecular complexity index is 1130. The average Bonchev–Trinajstić information content (AvgIpc) is 3.42. The Labute approximate surface area is 224 Å². The third kappa shape index (κ3) is 6.24. The summed E-state index contributed by atoms with van der Waals surface area (Å²) in [6.07, 6.45) is 5.38. The van der Waals surface area contributed by atoms with Crippen molar-refractivity contribution in [3.63, 3.8) is 0 Å². The molecule has 3 amide bonds. The van der Waals surface area contributed by atoms with Gasteiger partial charge in [0, 0.05) is 49.0 Å². The fourth-order valence-corrected chi connectivity index (χ4v) is 5.59. The van der Waals surface area contributed by atoms with Gasteiger partial charge in [0.05, 0.1) is 31.5 Å². The van der Waals surface area contributed by atoms with Gasteiger partial charge in [0.2, 0.25) is 5.91 Å². The van der Waals surface area contributed by atoms with Crippen LogP contribution >= 0.6 is 0 Å². The van der Waals surface area contributed by atoms with Crippen molar-refractivity contribution >= 4 is 23.4 Å². The molecule has 0 unspecified atom stereocenters. The molecular formula is C28H39N7O3. The Morgan fingerprint density at radius 1 is 1.11 bits per heavy atom. The Morgan fingerprint density at radius 2 is 1.89 bits per heavy atom. The lowest BCUT2D eigenvalue weighted by molar-refractivity contribution is -0.123. The lowest BCUT2D eigenvalue weighted by Gasteiger charge is -2.37. The molecule has 0 radical (unpaired) electrons. The molecule has 5 rings (SSSR count). The van der Waals surface area contributed by atoms with Gasteiger partial charge in [-0.05, 0) is 57.4 Å². The predicted molar refractivity (Wildman–Crippen MR) is 147 cm³/mol. The predicted octanol–water partition coefficient (Wildman–Crippen LogP) is 2.93. The molecule has 2 aromatic rings. The summed E-state index contributed by atoms with van der Waals surface area (Å²) in [4.78, 5) is 39.2. The van der Waals surface area contributed by atoms with Crippen LogP contribution in [0.4, 0.5) is 16.3 Å². The zero-order valence-corrected chi connectivity index (χ0v) is 22.5. The molecule has 1 atom stereocenters. The summed E-state index contributed by atoms with van der Waals surface area (Å²) in [5, 5.41) is 8.78. The van der Waals surface area contributed by atoms with Gasteiger partial charge < -0.3 is 25.6 Å². The number of hydrogen-bond donors (Lipinski definition) is 3. The number of fused-ring (bicyclic) bond motifs is 1. The van der Waals surface area contributed by atoms with Gasteiger partial charge in [-0.3, -0.25) is 9.69 Å². The highest BCUT2D eigenvalue weighted by molar-refractivity contribution is 5.89. The van der Waals surface area contributed by atoms with E-state index in [1.807, 2.05) is 31.2 Å². The van der Waals surface area contributed by atoms with E-state index < -0.39 is 0 Å². The van der Waals surface area contributed by atoms with Gasteiger partial charge in [-0.2, -0.15) is 0 Å². The second-order valence-corrected chi connectivity index (χ2v) is 10.5. The number of morpholine rings is 1. The maximum Gasteiger partial charge on any atom is 0.319 e. The van der Waals surface area contributed by atoms with Crippen molar-refractivity contribution < 1.29 is 14.3 Å². The molecule has 0 spiro atoms. The number of nitrogens with one attached hydrogen (secondary N) is 3. The SMILES string of the molecule is CCNC(=O)Nc1ccc(-c2nc3c(c(N4CCOC[C@@H]4C)n2)CCN(CC(=O)NC2CCCC2)C3)cc1. The molecule has 2 fully saturated rings. The first-order chi connectivity index (χ1) is 18.5. The van der Waals surface area contributed by atoms with Gasteiger partial charge in [-0.1, -0.05) is 12.8 Å². The molecule has 1 aromatic carbocycles. The fourth-order valence-electron chi connectivity index (χ4n) is 5.59. The van der Waals surface area contributed by atoms with Crippen LogP contribution in [-0.4, -0.2) is 78.3 Å². The summed E-state index contributed by atoms with van der Waals surface area (Å²) in [5.41, 5.74) is 3.74. The van der Waals surface area contributed by atoms with Crippen molar-refractivity contribution in [2.24, 2.45) is 0 Å². The smallest absolute Gasteiger partial charge is 0.319 e. The van der Waals surface area contributed by atoms with Crippen LogP contribution in [0.2, 0.25) is 0 Å². The van der Waals surface area contributed by atoms with Gasteiger partial charge in [-0.15, -0.1) is 0 Å². The first kappa shape index (κ1) is 26.4. The topological polar surface area (TPSA) is 112 Å². The van der Waals surface area contributed by atoms with Gasteiger partial charge in [0.25, 0.3) is 0 Å². The highest BCUT2D eigenvalue weighted by atomic mass is 16.5. The molecule has 1 saturated heterocycles. The van der Waals surface area contributed by atoms with Crippen LogP contribution < -0.4 is 20.9 Å². The number of hydrogen-bond acceptors (Lipinski definition) is 7. The molecule has 204 valence electrons. The van der Waals surface area contributed by atoms with Crippen molar-refractivity contribution in [3.8, 4) is 11.4 Å². The second kappa shape index (κ2) is 12.1. The van der Waals surface area contributed by atoms with E-state index in [-0.39, 0.29) is 18.0 Å². The number of aromatic nitrogens is 2. The van der Waals surface area contributed by atoms with Gasteiger partial charge in [0.1, 0.15) is 5.82 Å². The Balaban J connectivity index is 1.38. The van der Waals surface area contributed by atoms with Crippen molar-refractivity contribution in [1.82, 2.24) is 25.5 Å². The highest BCUT2D eigenvalue weighted by Crippen LogP contribution is 2.31. The van der Waals surface area contributed by atoms with Gasteiger partial charge in [0.15, 0.2) is 5.82 Å². The van der Waals surface area contributed by atoms with Crippen LogP contribution in [-0.2, 0) is 22.5 Å². The number of urea groups is 1. The molecule has 1 aliphatic carbocycles. The molecule has 1 aromatic heterocycles. The molecule has 2 aliphatic heterocycles. The Morgan fingerprint density at radius 3 is 2.63 bits per heavy atom. The number of carbonyl (C=O) groups is 2. The van der Waals surface area contributed by atoms with E-state index in [2.05, 4.69) is 32.7 Å². The zero-order chi connectivity index (χ0) is 26.5. The van der Waals surface area contributed by atoms with Crippen LogP contribution in [0.15, 0.2) is 24.3 Å². The minimum Gasteiger partial charge on any atom is -0.377 e. The fraction of sp³-hybridized carbons (Fsp3) is 0.571. The minimum absolute atomic E-state index is 0.104. The number of anilines is 2. The second-order valence-electron chi connectivity index (χ2n) is 10.5. The lowest BCUT2D eigenvalue weighted by atomic mass is 10.0. The number of benzene rings is 1. The summed E-state index contributed by atoms with van der Waals surface area (Å²) in [6.45, 7) is 8.55. The average molecular weight is 522 g/mol. The van der Waals surface area contributed by atoms with E-state index in [1.165, 1.54) is 18.4 Å². The van der Waals surface area contributed by atoms with Crippen LogP contribution in [0.1, 0.15) is 50.8 Å². The van der Waals surface area contributed by atoms with Crippen molar-refractivity contribution in [2.45, 2.75) is 64.6 Å². The van der Waals surface area contributed by atoms with E-state index >= 15 is 0 Å². The monoisotopic (exact) mass is 521 g/mol. The largest absolute Gasteiger partial charge is 0.377 e. The van der Waals surface area contributed by atoms with Crippen molar-refractivity contribution in [3.05, 3.63) is 35.5 Å². The molecule has 1 saturated carbocycles. The summed E-state index contributed by atoms with van der Waals surface area (Å²) in [6, 6.07) is 7.92. The van der Waals surface area contributed by atoms with Crippen molar-refractivity contribution in [2.75, 3.05) is 49.6 Å². The molecule has 10 nitrogen and oxygen atoms in total. The normalized spacial score (nSPS) is 20.2. The zero-order valence-electron chi connectivity index (χ0n) is 22.5. The summed E-state index contributed by atoms with van der Waals surface area (Å²) in [7, 11) is 0. The quantitative estimate of drug-likeness (QED) is 0.514. The third-order valence-electron chi connectivity index (χ3n) is 7.59. The number of rotatable bonds is 7. The summed E-state index contributed by atoms with van der Waals surface area (Å²) in [5.74, 6) is 1.73. The van der Waals surface area contributed by atoms with Gasteiger partial charge in [-0.25, -0.2) is 14.8 Å². The first-order valence-electron chi connectivity index (χ1n) is 13.9. The van der Waals surface area contributed by atoms with Crippen LogP contribution in [0.3, 0.4) is 0 Å². The first-order valence-corrected chi connectivity index (χ1v) is 13.9. The molecule has 10 heteroatoms. The Kier molecular flexibility index (Phi) is 8.38. The standard InChI is InChI=1S/C28H39N7O3/c1-3-29-28(37)31-22-10-8-20(9-11-22)26-32-24-16-34(17-25(36)30-21-6-4-5-7-21)13-12-23(24)27(33-26)35-14-15-38-18-19(35)2/h8-11,19,21H,3-7,12-18H2,1-2H3,(H,30,36)(H2,29,31,37)/t19-/m0/s1. The summed E-state index contributed by atoms with van der Waals surface area (Å²) < 4.78 is 5.69. The molecule has 3 aliphatic rings. The maximum absolute atomic E-state index is 12.7. The van der Waals surface area contributed by atoms with E-state index in [1.54, 1.807) is 0 Å². The van der Waals surface area contributed by atoms with Crippen molar-refractivity contribution in [1.29, 1.82) is 0 Å². The lowest BCUT2D eigenvalue weighted by Crippen LogP contribution is -2.46. The maximum atomic E-state index is 12.7. The van der Waals surface area contributed by atoms with E-state index in [9.17, 15) is 9.59 Å². The molecule has 38 heavy (non-hydrogen) atoms. The Hall–Kier alpha value is -3.24. The number of ether oxygens (including phenoxy) is 1. The molecule has 3 heterocycles. The van der Waals surface area contributed by atoms with Gasteiger partial charge >= 0.3 is 6.03 Å².